The third-order valence-electron chi connectivity index (χ3n) is 6.13. The zero-order valence-electron chi connectivity index (χ0n) is 19.4. The average Bonchev–Trinajstić information content (AvgIpc) is 3.57. The molecule has 2 aliphatic heterocycles. The van der Waals surface area contributed by atoms with Gasteiger partial charge in [0, 0.05) is 18.7 Å². The van der Waals surface area contributed by atoms with Crippen LogP contribution < -0.4 is 14.4 Å². The van der Waals surface area contributed by atoms with Crippen molar-refractivity contribution < 1.29 is 28.3 Å². The first-order valence-electron chi connectivity index (χ1n) is 11.5. The van der Waals surface area contributed by atoms with Gasteiger partial charge in [-0.3, -0.25) is 19.3 Å². The Morgan fingerprint density at radius 3 is 2.71 bits per heavy atom. The number of aromatic nitrogens is 1. The summed E-state index contributed by atoms with van der Waals surface area (Å²) in [5.74, 6) is 0.636. The molecule has 1 fully saturated rings. The van der Waals surface area contributed by atoms with Crippen molar-refractivity contribution in [2.45, 2.75) is 26.3 Å². The maximum atomic E-state index is 12.8. The van der Waals surface area contributed by atoms with E-state index in [0.717, 1.165) is 18.4 Å². The summed E-state index contributed by atoms with van der Waals surface area (Å²) in [6.45, 7) is 3.06. The van der Waals surface area contributed by atoms with Crippen LogP contribution in [0, 0.1) is 6.92 Å². The topological polar surface area (TPSA) is 102 Å². The fraction of sp³-hybridized carbons (Fsp3) is 0.308. The van der Waals surface area contributed by atoms with E-state index in [4.69, 9.17) is 13.9 Å². The molecule has 0 bridgehead atoms. The number of oxazole rings is 1. The Morgan fingerprint density at radius 2 is 1.91 bits per heavy atom. The molecule has 1 saturated heterocycles. The molecule has 0 saturated carbocycles. The van der Waals surface area contributed by atoms with Crippen molar-refractivity contribution in [2.75, 3.05) is 31.2 Å². The van der Waals surface area contributed by atoms with Gasteiger partial charge >= 0.3 is 0 Å². The Balaban J connectivity index is 1.32. The molecule has 9 heteroatoms. The van der Waals surface area contributed by atoms with E-state index in [1.807, 2.05) is 31.2 Å². The van der Waals surface area contributed by atoms with Gasteiger partial charge < -0.3 is 18.8 Å². The van der Waals surface area contributed by atoms with E-state index in [1.165, 1.54) is 11.2 Å². The summed E-state index contributed by atoms with van der Waals surface area (Å²) >= 11 is 0. The first-order valence-corrected chi connectivity index (χ1v) is 11.5. The molecule has 3 aromatic rings. The summed E-state index contributed by atoms with van der Waals surface area (Å²) in [6.07, 6.45) is 3.28. The Morgan fingerprint density at radius 1 is 1.11 bits per heavy atom. The molecular formula is C26H25N3O6. The molecule has 35 heavy (non-hydrogen) atoms. The van der Waals surface area contributed by atoms with Crippen molar-refractivity contribution in [3.05, 3.63) is 71.4 Å². The van der Waals surface area contributed by atoms with Crippen LogP contribution in [0.25, 0.3) is 0 Å². The number of rotatable bonds is 7. The SMILES string of the molecule is Cc1ccccc1OCC(=O)c1ccc2c(c1)N(Cc1nc(C(=O)N3CCCC3)co1)C(=O)CO2. The normalized spacial score (nSPS) is 15.1. The van der Waals surface area contributed by atoms with Gasteiger partial charge in [0.1, 0.15) is 24.3 Å². The Kier molecular flexibility index (Phi) is 6.22. The van der Waals surface area contributed by atoms with E-state index < -0.39 is 0 Å². The molecule has 2 aromatic carbocycles. The van der Waals surface area contributed by atoms with Gasteiger partial charge in [0.15, 0.2) is 24.7 Å². The monoisotopic (exact) mass is 475 g/mol. The van der Waals surface area contributed by atoms with Gasteiger partial charge in [0.2, 0.25) is 5.89 Å². The van der Waals surface area contributed by atoms with Crippen LogP contribution in [-0.4, -0.2) is 53.8 Å². The predicted octanol–water partition coefficient (Wildman–Crippen LogP) is 3.41. The van der Waals surface area contributed by atoms with Gasteiger partial charge in [-0.1, -0.05) is 18.2 Å². The molecule has 0 N–H and O–H groups in total. The first-order chi connectivity index (χ1) is 17.0. The molecule has 0 atom stereocenters. The van der Waals surface area contributed by atoms with Crippen molar-refractivity contribution in [2.24, 2.45) is 0 Å². The molecule has 9 nitrogen and oxygen atoms in total. The molecule has 3 heterocycles. The average molecular weight is 476 g/mol. The van der Waals surface area contributed by atoms with Gasteiger partial charge in [-0.2, -0.15) is 0 Å². The van der Waals surface area contributed by atoms with E-state index in [0.29, 0.717) is 35.8 Å². The highest BCUT2D eigenvalue weighted by molar-refractivity contribution is 6.02. The van der Waals surface area contributed by atoms with Crippen molar-refractivity contribution in [1.29, 1.82) is 0 Å². The standard InChI is InChI=1S/C26H25N3O6/c1-17-6-2-3-7-22(17)33-15-21(30)18-8-9-23-20(12-18)29(25(31)16-34-23)13-24-27-19(14-35-24)26(32)28-10-4-5-11-28/h2-3,6-9,12,14H,4-5,10-11,13,15-16H2,1H3. The Hall–Kier alpha value is -4.14. The number of para-hydroxylation sites is 1. The van der Waals surface area contributed by atoms with Gasteiger partial charge in [0.05, 0.1) is 5.69 Å². The molecular weight excluding hydrogens is 450 g/mol. The van der Waals surface area contributed by atoms with Crippen molar-refractivity contribution in [3.8, 4) is 11.5 Å². The number of Topliss-reactive ketones (excluding diaryl/α,β-unsaturated/α-hetero) is 1. The third kappa shape index (κ3) is 4.75. The number of ether oxygens (including phenoxy) is 2. The number of fused-ring (bicyclic) bond motifs is 1. The second-order valence-corrected chi connectivity index (χ2v) is 8.55. The van der Waals surface area contributed by atoms with Crippen LogP contribution in [0.3, 0.4) is 0 Å². The lowest BCUT2D eigenvalue weighted by molar-refractivity contribution is -0.121. The molecule has 0 unspecified atom stereocenters. The second kappa shape index (κ2) is 9.61. The summed E-state index contributed by atoms with van der Waals surface area (Å²) in [4.78, 5) is 45.6. The van der Waals surface area contributed by atoms with E-state index in [9.17, 15) is 14.4 Å². The number of aryl methyl sites for hydroxylation is 1. The summed E-state index contributed by atoms with van der Waals surface area (Å²) < 4.78 is 16.7. The number of hydrogen-bond donors (Lipinski definition) is 0. The molecule has 0 spiro atoms. The van der Waals surface area contributed by atoms with E-state index in [-0.39, 0.29) is 48.9 Å². The lowest BCUT2D eigenvalue weighted by Gasteiger charge is -2.28. The quantitative estimate of drug-likeness (QED) is 0.483. The molecule has 5 rings (SSSR count). The van der Waals surface area contributed by atoms with Crippen LogP contribution in [0.15, 0.2) is 53.1 Å². The van der Waals surface area contributed by atoms with Crippen molar-refractivity contribution in [3.63, 3.8) is 0 Å². The van der Waals surface area contributed by atoms with Crippen LogP contribution in [0.2, 0.25) is 0 Å². The van der Waals surface area contributed by atoms with Crippen LogP contribution in [0.5, 0.6) is 11.5 Å². The zero-order chi connectivity index (χ0) is 24.4. The number of nitrogens with zero attached hydrogens (tertiary/aromatic N) is 3. The molecule has 0 radical (unpaired) electrons. The largest absolute Gasteiger partial charge is 0.485 e. The predicted molar refractivity (Wildman–Crippen MR) is 126 cm³/mol. The maximum Gasteiger partial charge on any atom is 0.275 e. The summed E-state index contributed by atoms with van der Waals surface area (Å²) in [5, 5.41) is 0. The minimum Gasteiger partial charge on any atom is -0.485 e. The van der Waals surface area contributed by atoms with Gasteiger partial charge in [0.25, 0.3) is 11.8 Å². The minimum absolute atomic E-state index is 0.0137. The molecule has 2 amide bonds. The van der Waals surface area contributed by atoms with E-state index in [1.54, 1.807) is 23.1 Å². The number of amides is 2. The first kappa shape index (κ1) is 22.6. The number of carbonyl (C=O) groups is 3. The molecule has 2 aliphatic rings. The van der Waals surface area contributed by atoms with Crippen LogP contribution in [-0.2, 0) is 11.3 Å². The van der Waals surface area contributed by atoms with Crippen LogP contribution >= 0.6 is 0 Å². The highest BCUT2D eigenvalue weighted by Gasteiger charge is 2.29. The minimum atomic E-state index is -0.302. The third-order valence-corrected chi connectivity index (χ3v) is 6.13. The maximum absolute atomic E-state index is 12.8. The van der Waals surface area contributed by atoms with Gasteiger partial charge in [-0.25, -0.2) is 4.98 Å². The number of benzene rings is 2. The van der Waals surface area contributed by atoms with Gasteiger partial charge in [-0.05, 0) is 49.6 Å². The van der Waals surface area contributed by atoms with E-state index in [2.05, 4.69) is 4.98 Å². The second-order valence-electron chi connectivity index (χ2n) is 8.55. The number of carbonyl (C=O) groups excluding carboxylic acids is 3. The lowest BCUT2D eigenvalue weighted by Crippen LogP contribution is -2.38. The highest BCUT2D eigenvalue weighted by Crippen LogP contribution is 2.34. The number of ketones is 1. The molecule has 1 aromatic heterocycles. The Labute approximate surface area is 202 Å². The van der Waals surface area contributed by atoms with Crippen LogP contribution in [0.1, 0.15) is 45.1 Å². The number of likely N-dealkylation sites (tertiary alicyclic amines) is 1. The molecule has 0 aliphatic carbocycles. The van der Waals surface area contributed by atoms with Crippen molar-refractivity contribution >= 4 is 23.3 Å². The van der Waals surface area contributed by atoms with Gasteiger partial charge in [-0.15, -0.1) is 0 Å². The number of anilines is 1. The van der Waals surface area contributed by atoms with Crippen molar-refractivity contribution in [1.82, 2.24) is 9.88 Å². The number of hydrogen-bond acceptors (Lipinski definition) is 7. The summed E-state index contributed by atoms with van der Waals surface area (Å²) in [6, 6.07) is 12.4. The zero-order valence-corrected chi connectivity index (χ0v) is 19.4. The Bertz CT molecular complexity index is 1280. The van der Waals surface area contributed by atoms with E-state index >= 15 is 0 Å². The fourth-order valence-corrected chi connectivity index (χ4v) is 4.19. The fourth-order valence-electron chi connectivity index (χ4n) is 4.19. The summed E-state index contributed by atoms with van der Waals surface area (Å²) in [5.41, 5.74) is 1.98. The highest BCUT2D eigenvalue weighted by atomic mass is 16.5. The molecule has 180 valence electrons. The summed E-state index contributed by atoms with van der Waals surface area (Å²) in [7, 11) is 0. The smallest absolute Gasteiger partial charge is 0.275 e. The lowest BCUT2D eigenvalue weighted by atomic mass is 10.1. The van der Waals surface area contributed by atoms with Crippen LogP contribution in [0.4, 0.5) is 5.69 Å².